The molecule has 0 radical (unpaired) electrons. The van der Waals surface area contributed by atoms with Crippen LogP contribution in [-0.4, -0.2) is 23.6 Å². The van der Waals surface area contributed by atoms with Crippen molar-refractivity contribution in [3.05, 3.63) is 174 Å². The fourth-order valence-corrected chi connectivity index (χ4v) is 9.98. The third-order valence-corrected chi connectivity index (χ3v) is 12.1. The van der Waals surface area contributed by atoms with Crippen molar-refractivity contribution in [3.8, 4) is 22.3 Å². The normalized spacial score (nSPS) is 15.4. The predicted octanol–water partition coefficient (Wildman–Crippen LogP) is 12.2. The average Bonchev–Trinajstić information content (AvgIpc) is 3.76. The SMILES string of the molecule is C=NC(=NC(=N)c1ccc(C2=C3c4ccccc4SC3CC=C2)c2sc3c(-c4ccccc4)cc(-c4ccccc4)cc3c12)c1ccccc1. The molecule has 1 unspecified atom stereocenters. The van der Waals surface area contributed by atoms with Crippen LogP contribution in [0.15, 0.2) is 167 Å². The van der Waals surface area contributed by atoms with Crippen molar-refractivity contribution in [1.82, 2.24) is 0 Å². The molecule has 0 bridgehead atoms. The fraction of sp³-hybridized carbons (Fsp3) is 0.0444. The molecule has 238 valence electrons. The molecule has 7 aromatic rings. The summed E-state index contributed by atoms with van der Waals surface area (Å²) in [6.07, 6.45) is 5.66. The van der Waals surface area contributed by atoms with Gasteiger partial charge < -0.3 is 0 Å². The standard InChI is InChI=1S/C45H31N3S2/c1-47-45(30-18-9-4-10-19-30)48-44(46)35-25-24-33(32-21-13-23-39-40(32)34-20-11-12-22-38(34)49-39)43-41(35)37-27-31(28-14-5-2-6-15-28)26-36(42(37)50-43)29-16-7-3-8-17-29/h2-22,24-27,39,46H,1,23H2. The second-order valence-corrected chi connectivity index (χ2v) is 14.7. The van der Waals surface area contributed by atoms with E-state index < -0.39 is 0 Å². The molecule has 0 spiro atoms. The van der Waals surface area contributed by atoms with Gasteiger partial charge in [-0.1, -0.05) is 127 Å². The second-order valence-electron chi connectivity index (χ2n) is 12.5. The van der Waals surface area contributed by atoms with Gasteiger partial charge >= 0.3 is 0 Å². The van der Waals surface area contributed by atoms with Gasteiger partial charge in [-0.3, -0.25) is 5.41 Å². The van der Waals surface area contributed by atoms with Crippen LogP contribution in [0.3, 0.4) is 0 Å². The molecule has 1 atom stereocenters. The van der Waals surface area contributed by atoms with E-state index >= 15 is 0 Å². The number of rotatable bonds is 5. The molecule has 6 aromatic carbocycles. The summed E-state index contributed by atoms with van der Waals surface area (Å²) in [4.78, 5) is 10.4. The summed E-state index contributed by atoms with van der Waals surface area (Å²) in [5.41, 5.74) is 11.4. The van der Waals surface area contributed by atoms with Crippen LogP contribution in [0.4, 0.5) is 0 Å². The molecule has 1 aliphatic carbocycles. The topological polar surface area (TPSA) is 48.6 Å². The van der Waals surface area contributed by atoms with Crippen LogP contribution in [-0.2, 0) is 0 Å². The van der Waals surface area contributed by atoms with E-state index in [1.54, 1.807) is 0 Å². The molecule has 9 rings (SSSR count). The maximum atomic E-state index is 9.47. The first-order valence-corrected chi connectivity index (χ1v) is 18.4. The maximum absolute atomic E-state index is 9.47. The molecule has 1 N–H and O–H groups in total. The summed E-state index contributed by atoms with van der Waals surface area (Å²) in [5.74, 6) is 0.597. The van der Waals surface area contributed by atoms with E-state index in [2.05, 4.69) is 133 Å². The third-order valence-electron chi connectivity index (χ3n) is 9.55. The van der Waals surface area contributed by atoms with Crippen molar-refractivity contribution in [2.45, 2.75) is 16.6 Å². The van der Waals surface area contributed by atoms with Crippen LogP contribution >= 0.6 is 23.1 Å². The zero-order valence-corrected chi connectivity index (χ0v) is 28.8. The Bertz CT molecular complexity index is 2560. The Labute approximate surface area is 299 Å². The number of allylic oxidation sites excluding steroid dienone is 3. The van der Waals surface area contributed by atoms with Gasteiger partial charge in [-0.15, -0.1) is 23.1 Å². The minimum absolute atomic E-state index is 0.162. The van der Waals surface area contributed by atoms with Gasteiger partial charge in [0.15, 0.2) is 11.7 Å². The summed E-state index contributed by atoms with van der Waals surface area (Å²) in [5, 5.41) is 12.0. The minimum atomic E-state index is 0.162. The van der Waals surface area contributed by atoms with Crippen molar-refractivity contribution in [2.75, 3.05) is 0 Å². The number of fused-ring (bicyclic) bond motifs is 6. The van der Waals surface area contributed by atoms with E-state index in [1.807, 2.05) is 53.4 Å². The van der Waals surface area contributed by atoms with E-state index in [0.717, 1.165) is 44.1 Å². The van der Waals surface area contributed by atoms with Gasteiger partial charge in [0.2, 0.25) is 0 Å². The number of hydrogen-bond donors (Lipinski definition) is 1. The number of nitrogens with one attached hydrogen (secondary N) is 1. The smallest absolute Gasteiger partial charge is 0.161 e. The van der Waals surface area contributed by atoms with Crippen molar-refractivity contribution < 1.29 is 0 Å². The molecule has 1 aliphatic heterocycles. The Hall–Kier alpha value is -5.62. The zero-order valence-electron chi connectivity index (χ0n) is 27.1. The lowest BCUT2D eigenvalue weighted by atomic mass is 9.86. The maximum Gasteiger partial charge on any atom is 0.161 e. The lowest BCUT2D eigenvalue weighted by Crippen LogP contribution is -2.06. The molecule has 2 aliphatic rings. The second kappa shape index (κ2) is 12.7. The van der Waals surface area contributed by atoms with Gasteiger partial charge in [0.25, 0.3) is 0 Å². The minimum Gasteiger partial charge on any atom is -0.282 e. The quantitative estimate of drug-likeness (QED) is 0.143. The Kier molecular flexibility index (Phi) is 7.72. The summed E-state index contributed by atoms with van der Waals surface area (Å²) < 4.78 is 2.36. The molecule has 3 nitrogen and oxygen atoms in total. The van der Waals surface area contributed by atoms with E-state index in [9.17, 15) is 5.41 Å². The highest BCUT2D eigenvalue weighted by atomic mass is 32.2. The van der Waals surface area contributed by atoms with E-state index in [-0.39, 0.29) is 5.84 Å². The van der Waals surface area contributed by atoms with Gasteiger partial charge in [-0.2, -0.15) is 0 Å². The van der Waals surface area contributed by atoms with Crippen molar-refractivity contribution >= 4 is 72.8 Å². The number of hydrogen-bond acceptors (Lipinski definition) is 3. The monoisotopic (exact) mass is 677 g/mol. The third kappa shape index (κ3) is 5.18. The van der Waals surface area contributed by atoms with Gasteiger partial charge in [0, 0.05) is 47.0 Å². The van der Waals surface area contributed by atoms with Crippen LogP contribution in [0, 0.1) is 5.41 Å². The summed E-state index contributed by atoms with van der Waals surface area (Å²) in [7, 11) is 0. The highest BCUT2D eigenvalue weighted by Gasteiger charge is 2.32. The van der Waals surface area contributed by atoms with Gasteiger partial charge in [-0.05, 0) is 76.4 Å². The number of thioether (sulfide) groups is 1. The van der Waals surface area contributed by atoms with E-state index in [0.29, 0.717) is 11.1 Å². The number of benzene rings is 6. The van der Waals surface area contributed by atoms with Gasteiger partial charge in [0.1, 0.15) is 0 Å². The number of thiophene rings is 1. The van der Waals surface area contributed by atoms with E-state index in [4.69, 9.17) is 4.99 Å². The summed E-state index contributed by atoms with van der Waals surface area (Å²) in [6, 6.07) is 48.7. The zero-order chi connectivity index (χ0) is 33.6. The molecule has 5 heteroatoms. The van der Waals surface area contributed by atoms with E-state index in [1.165, 1.54) is 43.0 Å². The number of amidine groups is 2. The molecular weight excluding hydrogens is 647 g/mol. The highest BCUT2D eigenvalue weighted by molar-refractivity contribution is 8.00. The van der Waals surface area contributed by atoms with Crippen LogP contribution in [0.5, 0.6) is 0 Å². The molecule has 0 saturated carbocycles. The molecule has 0 amide bonds. The Morgan fingerprint density at radius 2 is 1.38 bits per heavy atom. The first kappa shape index (κ1) is 30.4. The molecule has 50 heavy (non-hydrogen) atoms. The highest BCUT2D eigenvalue weighted by Crippen LogP contribution is 2.53. The Morgan fingerprint density at radius 1 is 0.680 bits per heavy atom. The average molecular weight is 678 g/mol. The largest absolute Gasteiger partial charge is 0.282 e. The van der Waals surface area contributed by atoms with Crippen LogP contribution in [0.25, 0.3) is 53.6 Å². The van der Waals surface area contributed by atoms with Crippen LogP contribution in [0.1, 0.15) is 28.7 Å². The van der Waals surface area contributed by atoms with Crippen LogP contribution in [0.2, 0.25) is 0 Å². The van der Waals surface area contributed by atoms with Crippen molar-refractivity contribution in [1.29, 1.82) is 5.41 Å². The molecule has 0 saturated heterocycles. The van der Waals surface area contributed by atoms with Crippen molar-refractivity contribution in [2.24, 2.45) is 9.98 Å². The van der Waals surface area contributed by atoms with Gasteiger partial charge in [-0.25, -0.2) is 9.98 Å². The summed E-state index contributed by atoms with van der Waals surface area (Å²) in [6.45, 7) is 3.81. The number of aliphatic imine (C=N–C) groups is 2. The first-order chi connectivity index (χ1) is 24.7. The van der Waals surface area contributed by atoms with Crippen LogP contribution < -0.4 is 0 Å². The first-order valence-electron chi connectivity index (χ1n) is 16.7. The summed E-state index contributed by atoms with van der Waals surface area (Å²) >= 11 is 3.79. The van der Waals surface area contributed by atoms with Gasteiger partial charge in [0.05, 0.1) is 0 Å². The molecular formula is C45H31N3S2. The van der Waals surface area contributed by atoms with Crippen molar-refractivity contribution in [3.63, 3.8) is 0 Å². The molecule has 2 heterocycles. The number of nitrogens with zero attached hydrogens (tertiary/aromatic N) is 2. The Balaban J connectivity index is 1.37. The molecule has 1 aromatic heterocycles. The lowest BCUT2D eigenvalue weighted by Gasteiger charge is -2.20. The fourth-order valence-electron chi connectivity index (χ4n) is 7.26. The predicted molar refractivity (Wildman–Crippen MR) is 216 cm³/mol. The molecule has 0 fully saturated rings. The lowest BCUT2D eigenvalue weighted by molar-refractivity contribution is 1.09. The Morgan fingerprint density at radius 3 is 2.14 bits per heavy atom.